The number of amides is 2. The average Bonchev–Trinajstić information content (AvgIpc) is 2.75. The summed E-state index contributed by atoms with van der Waals surface area (Å²) in [5.41, 5.74) is 4.04. The van der Waals surface area contributed by atoms with Crippen LogP contribution in [0.4, 0.5) is 0 Å². The number of thioether (sulfide) groups is 1. The van der Waals surface area contributed by atoms with Gasteiger partial charge in [-0.1, -0.05) is 55.2 Å². The normalized spacial score (nSPS) is 14.7. The Balaban J connectivity index is 4.70. The Morgan fingerprint density at radius 1 is 0.971 bits per heavy atom. The predicted octanol–water partition coefficient (Wildman–Crippen LogP) is 5.60. The number of rotatable bonds is 16. The van der Waals surface area contributed by atoms with E-state index in [4.69, 9.17) is 0 Å². The summed E-state index contributed by atoms with van der Waals surface area (Å²) >= 11 is 1.48. The van der Waals surface area contributed by atoms with Gasteiger partial charge in [-0.3, -0.25) is 9.59 Å². The van der Waals surface area contributed by atoms with Crippen LogP contribution in [0, 0.1) is 5.92 Å². The van der Waals surface area contributed by atoms with E-state index in [0.29, 0.717) is 12.2 Å². The van der Waals surface area contributed by atoms with Crippen LogP contribution < -0.4 is 5.32 Å². The van der Waals surface area contributed by atoms with Crippen LogP contribution in [0.1, 0.15) is 80.6 Å². The van der Waals surface area contributed by atoms with E-state index in [2.05, 4.69) is 51.2 Å². The van der Waals surface area contributed by atoms with Gasteiger partial charge >= 0.3 is 5.97 Å². The molecule has 0 aliphatic heterocycles. The summed E-state index contributed by atoms with van der Waals surface area (Å²) in [5, 5.41) is 12.2. The van der Waals surface area contributed by atoms with Crippen molar-refractivity contribution in [1.29, 1.82) is 0 Å². The van der Waals surface area contributed by atoms with Crippen LogP contribution in [-0.2, 0) is 14.4 Å². The van der Waals surface area contributed by atoms with Crippen molar-refractivity contribution < 1.29 is 19.5 Å². The number of likely N-dealkylation sites (N-methyl/N-ethyl adjacent to an activating group) is 1. The third kappa shape index (κ3) is 13.6. The zero-order valence-corrected chi connectivity index (χ0v) is 23.3. The fourth-order valence-electron chi connectivity index (χ4n) is 3.39. The first kappa shape index (κ1) is 32.0. The molecule has 0 heterocycles. The summed E-state index contributed by atoms with van der Waals surface area (Å²) in [4.78, 5) is 37.7. The number of allylic oxidation sites excluding steroid dienone is 5. The summed E-state index contributed by atoms with van der Waals surface area (Å²) < 4.78 is 0. The molecule has 7 heteroatoms. The molecule has 34 heavy (non-hydrogen) atoms. The number of hydrogen-bond acceptors (Lipinski definition) is 4. The third-order valence-corrected chi connectivity index (χ3v) is 6.91. The van der Waals surface area contributed by atoms with E-state index in [-0.39, 0.29) is 17.6 Å². The Bertz CT molecular complexity index is 754. The first-order valence-corrected chi connectivity index (χ1v) is 13.3. The van der Waals surface area contributed by atoms with Crippen molar-refractivity contribution >= 4 is 29.5 Å². The van der Waals surface area contributed by atoms with Gasteiger partial charge in [0.25, 0.3) is 0 Å². The molecule has 0 aromatic carbocycles. The Morgan fingerprint density at radius 2 is 1.53 bits per heavy atom. The summed E-state index contributed by atoms with van der Waals surface area (Å²) in [6.45, 7) is 13.8. The van der Waals surface area contributed by atoms with Gasteiger partial charge in [0, 0.05) is 25.5 Å². The van der Waals surface area contributed by atoms with Gasteiger partial charge < -0.3 is 15.3 Å². The summed E-state index contributed by atoms with van der Waals surface area (Å²) in [6, 6.07) is -1.68. The molecular weight excluding hydrogens is 448 g/mol. The molecule has 0 aliphatic carbocycles. The van der Waals surface area contributed by atoms with Crippen LogP contribution >= 0.6 is 11.8 Å². The molecule has 2 amide bonds. The van der Waals surface area contributed by atoms with Crippen molar-refractivity contribution in [3.63, 3.8) is 0 Å². The van der Waals surface area contributed by atoms with Gasteiger partial charge in [-0.25, -0.2) is 4.79 Å². The Morgan fingerprint density at radius 3 is 2.03 bits per heavy atom. The van der Waals surface area contributed by atoms with Crippen molar-refractivity contribution in [2.24, 2.45) is 5.92 Å². The second-order valence-corrected chi connectivity index (χ2v) is 10.4. The molecule has 0 rings (SSSR count). The Hall–Kier alpha value is -2.02. The number of nitrogens with one attached hydrogen (secondary N) is 1. The smallest absolute Gasteiger partial charge is 0.327 e. The lowest BCUT2D eigenvalue weighted by atomic mass is 9.96. The van der Waals surface area contributed by atoms with Crippen molar-refractivity contribution in [2.45, 2.75) is 92.7 Å². The maximum Gasteiger partial charge on any atom is 0.327 e. The molecule has 0 aliphatic rings. The van der Waals surface area contributed by atoms with Crippen LogP contribution in [0.3, 0.4) is 0 Å². The second-order valence-electron chi connectivity index (χ2n) is 9.36. The maximum absolute atomic E-state index is 12.8. The molecule has 6 nitrogen and oxygen atoms in total. The third-order valence-electron chi connectivity index (χ3n) is 5.94. The van der Waals surface area contributed by atoms with Gasteiger partial charge in [-0.15, -0.1) is 0 Å². The van der Waals surface area contributed by atoms with E-state index in [1.165, 1.54) is 40.3 Å². The number of hydrogen-bond donors (Lipinski definition) is 2. The number of nitrogens with zero attached hydrogens (tertiary/aromatic N) is 1. The van der Waals surface area contributed by atoms with Crippen LogP contribution in [-0.4, -0.2) is 58.4 Å². The summed E-state index contributed by atoms with van der Waals surface area (Å²) in [7, 11) is 1.58. The lowest BCUT2D eigenvalue weighted by Gasteiger charge is -2.31. The monoisotopic (exact) mass is 494 g/mol. The molecule has 0 saturated heterocycles. The van der Waals surface area contributed by atoms with Crippen molar-refractivity contribution in [3.05, 3.63) is 34.9 Å². The number of carbonyl (C=O) groups excluding carboxylic acids is 2. The molecule has 0 radical (unpaired) electrons. The molecular formula is C27H46N2O4S. The molecule has 2 N–H and O–H groups in total. The van der Waals surface area contributed by atoms with E-state index in [1.54, 1.807) is 7.05 Å². The van der Waals surface area contributed by atoms with Gasteiger partial charge in [0.1, 0.15) is 12.1 Å². The first-order chi connectivity index (χ1) is 15.9. The lowest BCUT2D eigenvalue weighted by Crippen LogP contribution is -2.54. The minimum atomic E-state index is -1.07. The fourth-order valence-corrected chi connectivity index (χ4v) is 4.39. The standard InChI is InChI=1S/C27H46N2O4S/c1-9-22(6)25(29(8)23(7)30)26(31)28-24(27(32)33)18-34-17-16-21(5)15-11-14-20(4)13-10-12-19(2)3/h12,14,16,22,24-25H,9-11,13,15,17-18H2,1-8H3,(H,28,31)(H,32,33)/b20-14+,21-16+/t22-,24-,25?/m0/s1. The predicted molar refractivity (Wildman–Crippen MR) is 144 cm³/mol. The zero-order chi connectivity index (χ0) is 26.3. The zero-order valence-electron chi connectivity index (χ0n) is 22.4. The molecule has 1 unspecified atom stereocenters. The van der Waals surface area contributed by atoms with Crippen LogP contribution in [0.15, 0.2) is 34.9 Å². The summed E-state index contributed by atoms with van der Waals surface area (Å²) in [5.74, 6) is -0.823. The second kappa shape index (κ2) is 17.4. The Labute approximate surface area is 211 Å². The van der Waals surface area contributed by atoms with Gasteiger partial charge in [-0.2, -0.15) is 11.8 Å². The minimum absolute atomic E-state index is 0.0773. The topological polar surface area (TPSA) is 86.7 Å². The first-order valence-electron chi connectivity index (χ1n) is 12.2. The maximum atomic E-state index is 12.8. The number of aliphatic carboxylic acids is 1. The van der Waals surface area contributed by atoms with Crippen molar-refractivity contribution in [3.8, 4) is 0 Å². The van der Waals surface area contributed by atoms with Crippen molar-refractivity contribution in [2.75, 3.05) is 18.6 Å². The highest BCUT2D eigenvalue weighted by molar-refractivity contribution is 7.99. The highest BCUT2D eigenvalue weighted by Gasteiger charge is 2.32. The number of carboxylic acids is 1. The average molecular weight is 495 g/mol. The fraction of sp³-hybridized carbons (Fsp3) is 0.667. The lowest BCUT2D eigenvalue weighted by molar-refractivity contribution is -0.144. The summed E-state index contributed by atoms with van der Waals surface area (Å²) in [6.07, 6.45) is 11.5. The molecule has 0 fully saturated rings. The molecule has 0 aromatic heterocycles. The van der Waals surface area contributed by atoms with Gasteiger partial charge in [0.05, 0.1) is 0 Å². The van der Waals surface area contributed by atoms with Crippen molar-refractivity contribution in [1.82, 2.24) is 10.2 Å². The number of carboxylic acid groups (broad SMARTS) is 1. The molecule has 0 bridgehead atoms. The van der Waals surface area contributed by atoms with Crippen LogP contribution in [0.2, 0.25) is 0 Å². The van der Waals surface area contributed by atoms with Gasteiger partial charge in [0.15, 0.2) is 0 Å². The minimum Gasteiger partial charge on any atom is -0.480 e. The molecule has 0 saturated carbocycles. The van der Waals surface area contributed by atoms with E-state index in [9.17, 15) is 19.5 Å². The van der Waals surface area contributed by atoms with E-state index in [1.807, 2.05) is 13.8 Å². The van der Waals surface area contributed by atoms with Gasteiger partial charge in [-0.05, 0) is 59.3 Å². The van der Waals surface area contributed by atoms with Crippen LogP contribution in [0.25, 0.3) is 0 Å². The van der Waals surface area contributed by atoms with E-state index >= 15 is 0 Å². The SMILES string of the molecule is CC[C@H](C)C(C(=O)N[C@@H](CSC/C=C(\C)CC/C=C(\C)CCC=C(C)C)C(=O)O)N(C)C(C)=O. The largest absolute Gasteiger partial charge is 0.480 e. The molecule has 3 atom stereocenters. The highest BCUT2D eigenvalue weighted by atomic mass is 32.2. The number of carbonyl (C=O) groups is 3. The van der Waals surface area contributed by atoms with Gasteiger partial charge in [0.2, 0.25) is 11.8 Å². The van der Waals surface area contributed by atoms with E-state index in [0.717, 1.165) is 25.7 Å². The molecule has 0 spiro atoms. The Kier molecular flexibility index (Phi) is 16.4. The van der Waals surface area contributed by atoms with E-state index < -0.39 is 24.0 Å². The highest BCUT2D eigenvalue weighted by Crippen LogP contribution is 2.16. The molecule has 0 aromatic rings. The van der Waals surface area contributed by atoms with Crippen LogP contribution in [0.5, 0.6) is 0 Å². The molecule has 194 valence electrons. The quantitative estimate of drug-likeness (QED) is 0.215.